The number of hydrogen-bond donors (Lipinski definition) is 1. The first kappa shape index (κ1) is 12.4. The maximum Gasteiger partial charge on any atom is 0.122 e. The van der Waals surface area contributed by atoms with Gasteiger partial charge in [0.25, 0.3) is 0 Å². The van der Waals surface area contributed by atoms with Gasteiger partial charge in [0, 0.05) is 13.5 Å². The first-order valence-electron chi connectivity index (χ1n) is 6.03. The monoisotopic (exact) mass is 236 g/mol. The fourth-order valence-corrected chi connectivity index (χ4v) is 2.36. The van der Waals surface area contributed by atoms with Gasteiger partial charge >= 0.3 is 0 Å². The number of para-hydroxylation sites is 1. The minimum Gasteiger partial charge on any atom is -0.496 e. The molecule has 1 unspecified atom stereocenters. The number of hydrogen-bond acceptors (Lipinski definition) is 3. The summed E-state index contributed by atoms with van der Waals surface area (Å²) in [6.07, 6.45) is 2.78. The molecule has 1 atom stereocenters. The summed E-state index contributed by atoms with van der Waals surface area (Å²) < 4.78 is 10.5. The number of rotatable bonds is 6. The van der Waals surface area contributed by atoms with Crippen LogP contribution in [0.25, 0.3) is 0 Å². The van der Waals surface area contributed by atoms with E-state index in [1.807, 2.05) is 24.3 Å². The van der Waals surface area contributed by atoms with Crippen LogP contribution in [0.15, 0.2) is 24.3 Å². The average molecular weight is 236 g/mol. The van der Waals surface area contributed by atoms with Crippen molar-refractivity contribution in [1.29, 1.82) is 0 Å². The van der Waals surface area contributed by atoms with Crippen LogP contribution in [0.3, 0.4) is 0 Å². The molecule has 1 fully saturated rings. The highest BCUT2D eigenvalue weighted by atomic mass is 16.5. The molecule has 0 aliphatic heterocycles. The molecule has 0 aromatic heterocycles. The average Bonchev–Trinajstić information content (AvgIpc) is 3.14. The molecule has 1 aliphatic carbocycles. The van der Waals surface area contributed by atoms with E-state index in [1.54, 1.807) is 14.2 Å². The molecule has 0 heterocycles. The SMILES string of the molecule is COCC(O)(Cc1ccccc1OC)C1CC1. The summed E-state index contributed by atoms with van der Waals surface area (Å²) in [5.74, 6) is 1.20. The summed E-state index contributed by atoms with van der Waals surface area (Å²) in [5, 5.41) is 10.6. The minimum absolute atomic E-state index is 0.368. The van der Waals surface area contributed by atoms with Crippen molar-refractivity contribution in [2.75, 3.05) is 20.8 Å². The van der Waals surface area contributed by atoms with Crippen molar-refractivity contribution >= 4 is 0 Å². The van der Waals surface area contributed by atoms with Crippen molar-refractivity contribution in [3.05, 3.63) is 29.8 Å². The Morgan fingerprint density at radius 1 is 1.29 bits per heavy atom. The third-order valence-corrected chi connectivity index (χ3v) is 3.42. The lowest BCUT2D eigenvalue weighted by molar-refractivity contribution is -0.0477. The Balaban J connectivity index is 2.16. The first-order valence-corrected chi connectivity index (χ1v) is 6.03. The molecule has 1 N–H and O–H groups in total. The van der Waals surface area contributed by atoms with Crippen LogP contribution >= 0.6 is 0 Å². The maximum absolute atomic E-state index is 10.6. The molecule has 3 nitrogen and oxygen atoms in total. The highest BCUT2D eigenvalue weighted by Crippen LogP contribution is 2.42. The van der Waals surface area contributed by atoms with Crippen molar-refractivity contribution in [2.24, 2.45) is 5.92 Å². The fourth-order valence-electron chi connectivity index (χ4n) is 2.36. The van der Waals surface area contributed by atoms with Gasteiger partial charge in [0.2, 0.25) is 0 Å². The Morgan fingerprint density at radius 2 is 2.00 bits per heavy atom. The van der Waals surface area contributed by atoms with Crippen LogP contribution in [0.2, 0.25) is 0 Å². The predicted molar refractivity (Wildman–Crippen MR) is 66.2 cm³/mol. The third-order valence-electron chi connectivity index (χ3n) is 3.42. The van der Waals surface area contributed by atoms with Crippen LogP contribution in [0.5, 0.6) is 5.75 Å². The van der Waals surface area contributed by atoms with Crippen LogP contribution in [0.1, 0.15) is 18.4 Å². The zero-order valence-corrected chi connectivity index (χ0v) is 10.5. The van der Waals surface area contributed by atoms with E-state index in [4.69, 9.17) is 9.47 Å². The van der Waals surface area contributed by atoms with Gasteiger partial charge in [-0.2, -0.15) is 0 Å². The summed E-state index contributed by atoms with van der Waals surface area (Å²) in [5.41, 5.74) is 0.296. The second-order valence-corrected chi connectivity index (χ2v) is 4.80. The first-order chi connectivity index (χ1) is 8.19. The highest BCUT2D eigenvalue weighted by Gasteiger charge is 2.44. The van der Waals surface area contributed by atoms with Crippen LogP contribution in [-0.2, 0) is 11.2 Å². The van der Waals surface area contributed by atoms with Gasteiger partial charge in [-0.05, 0) is 30.4 Å². The van der Waals surface area contributed by atoms with Gasteiger partial charge in [0.15, 0.2) is 0 Å². The second-order valence-electron chi connectivity index (χ2n) is 4.80. The van der Waals surface area contributed by atoms with E-state index < -0.39 is 5.60 Å². The summed E-state index contributed by atoms with van der Waals surface area (Å²) >= 11 is 0. The lowest BCUT2D eigenvalue weighted by Crippen LogP contribution is -2.39. The van der Waals surface area contributed by atoms with Crippen LogP contribution in [0, 0.1) is 5.92 Å². The molecule has 0 spiro atoms. The van der Waals surface area contributed by atoms with Gasteiger partial charge in [-0.25, -0.2) is 0 Å². The van der Waals surface area contributed by atoms with E-state index in [-0.39, 0.29) is 0 Å². The zero-order valence-electron chi connectivity index (χ0n) is 10.5. The number of ether oxygens (including phenoxy) is 2. The smallest absolute Gasteiger partial charge is 0.122 e. The molecule has 0 saturated heterocycles. The molecule has 1 aromatic rings. The van der Waals surface area contributed by atoms with Crippen LogP contribution in [0.4, 0.5) is 0 Å². The summed E-state index contributed by atoms with van der Waals surface area (Å²) in [4.78, 5) is 0. The largest absolute Gasteiger partial charge is 0.496 e. The number of benzene rings is 1. The van der Waals surface area contributed by atoms with Crippen molar-refractivity contribution < 1.29 is 14.6 Å². The standard InChI is InChI=1S/C14H20O3/c1-16-10-14(15,12-7-8-12)9-11-5-3-4-6-13(11)17-2/h3-6,12,15H,7-10H2,1-2H3. The topological polar surface area (TPSA) is 38.7 Å². The Morgan fingerprint density at radius 3 is 2.59 bits per heavy atom. The van der Waals surface area contributed by atoms with Gasteiger partial charge in [0.1, 0.15) is 5.75 Å². The van der Waals surface area contributed by atoms with Gasteiger partial charge < -0.3 is 14.6 Å². The van der Waals surface area contributed by atoms with Gasteiger partial charge in [-0.15, -0.1) is 0 Å². The Hall–Kier alpha value is -1.06. The van der Waals surface area contributed by atoms with Gasteiger partial charge in [-0.3, -0.25) is 0 Å². The molecule has 2 rings (SSSR count). The van der Waals surface area contributed by atoms with Crippen molar-refractivity contribution in [3.63, 3.8) is 0 Å². The molecule has 3 heteroatoms. The van der Waals surface area contributed by atoms with E-state index in [9.17, 15) is 5.11 Å². The molecule has 0 bridgehead atoms. The second kappa shape index (κ2) is 5.07. The molecule has 1 aromatic carbocycles. The summed E-state index contributed by atoms with van der Waals surface area (Å²) in [6, 6.07) is 7.84. The molecule has 0 radical (unpaired) electrons. The van der Waals surface area contributed by atoms with Gasteiger partial charge in [-0.1, -0.05) is 18.2 Å². The fraction of sp³-hybridized carbons (Fsp3) is 0.571. The normalized spacial score (nSPS) is 18.8. The molecule has 0 amide bonds. The minimum atomic E-state index is -0.747. The van der Waals surface area contributed by atoms with Crippen molar-refractivity contribution in [2.45, 2.75) is 24.9 Å². The quantitative estimate of drug-likeness (QED) is 0.821. The summed E-state index contributed by atoms with van der Waals surface area (Å²) in [6.45, 7) is 0.385. The highest BCUT2D eigenvalue weighted by molar-refractivity contribution is 5.34. The van der Waals surface area contributed by atoms with Gasteiger partial charge in [0.05, 0.1) is 19.3 Å². The van der Waals surface area contributed by atoms with E-state index in [0.29, 0.717) is 18.9 Å². The van der Waals surface area contributed by atoms with Crippen molar-refractivity contribution in [1.82, 2.24) is 0 Å². The Bertz CT molecular complexity index is 373. The lowest BCUT2D eigenvalue weighted by Gasteiger charge is -2.28. The summed E-state index contributed by atoms with van der Waals surface area (Å²) in [7, 11) is 3.29. The van der Waals surface area contributed by atoms with Crippen molar-refractivity contribution in [3.8, 4) is 5.75 Å². The Kier molecular flexibility index (Phi) is 3.69. The van der Waals surface area contributed by atoms with Crippen LogP contribution < -0.4 is 4.74 Å². The molecular formula is C14H20O3. The third kappa shape index (κ3) is 2.79. The number of methoxy groups -OCH3 is 2. The molecular weight excluding hydrogens is 216 g/mol. The number of aliphatic hydroxyl groups is 1. The van der Waals surface area contributed by atoms with E-state index in [2.05, 4.69) is 0 Å². The lowest BCUT2D eigenvalue weighted by atomic mass is 9.90. The predicted octanol–water partition coefficient (Wildman–Crippen LogP) is 2.03. The maximum atomic E-state index is 10.6. The van der Waals surface area contributed by atoms with Crippen LogP contribution in [-0.4, -0.2) is 31.5 Å². The molecule has 94 valence electrons. The van der Waals surface area contributed by atoms with E-state index >= 15 is 0 Å². The molecule has 1 saturated carbocycles. The Labute approximate surface area is 102 Å². The van der Waals surface area contributed by atoms with E-state index in [0.717, 1.165) is 24.2 Å². The zero-order chi connectivity index (χ0) is 12.3. The molecule has 17 heavy (non-hydrogen) atoms. The van der Waals surface area contributed by atoms with E-state index in [1.165, 1.54) is 0 Å². The molecule has 1 aliphatic rings.